The van der Waals surface area contributed by atoms with Crippen molar-refractivity contribution < 1.29 is 14.3 Å². The van der Waals surface area contributed by atoms with Gasteiger partial charge >= 0.3 is 0 Å². The van der Waals surface area contributed by atoms with Gasteiger partial charge in [0.2, 0.25) is 17.7 Å². The molecule has 0 bridgehead atoms. The van der Waals surface area contributed by atoms with Gasteiger partial charge in [0, 0.05) is 18.8 Å². The average Bonchev–Trinajstić information content (AvgIpc) is 3.09. The number of amides is 1. The Bertz CT molecular complexity index is 681. The molecule has 2 aromatic rings. The van der Waals surface area contributed by atoms with Gasteiger partial charge in [-0.05, 0) is 18.4 Å². The molecule has 0 unspecified atom stereocenters. The third kappa shape index (κ3) is 4.42. The smallest absolute Gasteiger partial charge is 0.246 e. The fourth-order valence-corrected chi connectivity index (χ4v) is 2.51. The Morgan fingerprint density at radius 3 is 2.88 bits per heavy atom. The van der Waals surface area contributed by atoms with E-state index in [4.69, 9.17) is 15.2 Å². The monoisotopic (exact) mass is 328 g/mol. The largest absolute Gasteiger partial charge is 0.473 e. The summed E-state index contributed by atoms with van der Waals surface area (Å²) in [5, 5.41) is 3.11. The molecule has 1 fully saturated rings. The normalized spacial score (nSPS) is 19.8. The number of primary amides is 1. The molecule has 0 saturated carbocycles. The summed E-state index contributed by atoms with van der Waals surface area (Å²) in [6.07, 6.45) is 2.52. The third-order valence-electron chi connectivity index (χ3n) is 3.77. The number of nitrogens with two attached hydrogens (primary N) is 1. The number of benzene rings is 1. The third-order valence-corrected chi connectivity index (χ3v) is 3.77. The van der Waals surface area contributed by atoms with Gasteiger partial charge in [0.05, 0.1) is 6.10 Å². The maximum Gasteiger partial charge on any atom is 0.246 e. The fourth-order valence-electron chi connectivity index (χ4n) is 2.51. The van der Waals surface area contributed by atoms with Crippen LogP contribution in [0.3, 0.4) is 0 Å². The van der Waals surface area contributed by atoms with Gasteiger partial charge in [0.1, 0.15) is 12.7 Å². The molecule has 3 N–H and O–H groups in total. The van der Waals surface area contributed by atoms with Crippen molar-refractivity contribution in [3.63, 3.8) is 0 Å². The van der Waals surface area contributed by atoms with Crippen molar-refractivity contribution in [1.82, 2.24) is 9.97 Å². The highest BCUT2D eigenvalue weighted by Crippen LogP contribution is 2.20. The summed E-state index contributed by atoms with van der Waals surface area (Å²) < 4.78 is 11.2. The molecule has 2 atom stereocenters. The van der Waals surface area contributed by atoms with Crippen molar-refractivity contribution in [2.24, 2.45) is 5.73 Å². The molecule has 0 spiro atoms. The summed E-state index contributed by atoms with van der Waals surface area (Å²) in [5.41, 5.74) is 6.31. The van der Waals surface area contributed by atoms with Crippen LogP contribution in [0.5, 0.6) is 5.88 Å². The van der Waals surface area contributed by atoms with Crippen LogP contribution in [0, 0.1) is 0 Å². The van der Waals surface area contributed by atoms with E-state index in [-0.39, 0.29) is 6.10 Å². The van der Waals surface area contributed by atoms with Gasteiger partial charge in [-0.15, -0.1) is 0 Å². The highest BCUT2D eigenvalue weighted by molar-refractivity contribution is 5.79. The first-order valence-corrected chi connectivity index (χ1v) is 7.89. The number of aromatic nitrogens is 2. The minimum atomic E-state index is -0.488. The zero-order chi connectivity index (χ0) is 16.8. The first-order chi connectivity index (χ1) is 11.7. The lowest BCUT2D eigenvalue weighted by atomic mass is 10.2. The topological polar surface area (TPSA) is 99.4 Å². The highest BCUT2D eigenvalue weighted by Gasteiger charge is 2.28. The second kappa shape index (κ2) is 7.74. The van der Waals surface area contributed by atoms with Crippen LogP contribution in [0.4, 0.5) is 5.95 Å². The molecule has 2 heterocycles. The second-order valence-electron chi connectivity index (χ2n) is 5.60. The lowest BCUT2D eigenvalue weighted by Gasteiger charge is -2.13. The predicted octanol–water partition coefficient (Wildman–Crippen LogP) is 1.50. The van der Waals surface area contributed by atoms with Crippen molar-refractivity contribution in [1.29, 1.82) is 0 Å². The quantitative estimate of drug-likeness (QED) is 0.799. The molecule has 24 heavy (non-hydrogen) atoms. The van der Waals surface area contributed by atoms with Crippen molar-refractivity contribution in [3.8, 4) is 5.88 Å². The molecule has 1 aromatic heterocycles. The number of hydrogen-bond acceptors (Lipinski definition) is 6. The average molecular weight is 328 g/mol. The van der Waals surface area contributed by atoms with Gasteiger partial charge in [0.15, 0.2) is 0 Å². The van der Waals surface area contributed by atoms with Gasteiger partial charge in [-0.25, -0.2) is 4.98 Å². The molecule has 0 radical (unpaired) electrons. The van der Waals surface area contributed by atoms with Gasteiger partial charge in [-0.1, -0.05) is 30.3 Å². The van der Waals surface area contributed by atoms with E-state index in [9.17, 15) is 4.79 Å². The maximum absolute atomic E-state index is 11.1. The summed E-state index contributed by atoms with van der Waals surface area (Å²) >= 11 is 0. The number of anilines is 1. The fraction of sp³-hybridized carbons (Fsp3) is 0.353. The van der Waals surface area contributed by atoms with Crippen LogP contribution in [-0.2, 0) is 16.1 Å². The molecule has 7 nitrogen and oxygen atoms in total. The van der Waals surface area contributed by atoms with E-state index >= 15 is 0 Å². The van der Waals surface area contributed by atoms with Gasteiger partial charge < -0.3 is 20.5 Å². The van der Waals surface area contributed by atoms with E-state index in [1.54, 1.807) is 12.3 Å². The van der Waals surface area contributed by atoms with Crippen LogP contribution in [0.25, 0.3) is 0 Å². The van der Waals surface area contributed by atoms with Crippen molar-refractivity contribution in [2.75, 3.05) is 11.9 Å². The van der Waals surface area contributed by atoms with Crippen LogP contribution in [-0.4, -0.2) is 34.6 Å². The molecule has 3 rings (SSSR count). The standard InChI is InChI=1S/C17H20N4O3/c18-16(22)14-7-6-13(24-14)10-20-17-19-9-8-15(21-17)23-11-12-4-2-1-3-5-12/h1-5,8-9,13-14H,6-7,10-11H2,(H2,18,22)(H,19,20,21)/t13-,14-/m1/s1. The second-order valence-corrected chi connectivity index (χ2v) is 5.60. The maximum atomic E-state index is 11.1. The minimum Gasteiger partial charge on any atom is -0.473 e. The number of nitrogens with zero attached hydrogens (tertiary/aromatic N) is 2. The number of carbonyl (C=O) groups is 1. The van der Waals surface area contributed by atoms with Crippen molar-refractivity contribution >= 4 is 11.9 Å². The molecule has 1 aromatic carbocycles. The van der Waals surface area contributed by atoms with Gasteiger partial charge in [-0.3, -0.25) is 4.79 Å². The molecule has 1 amide bonds. The molecular weight excluding hydrogens is 308 g/mol. The number of rotatable bonds is 7. The van der Waals surface area contributed by atoms with E-state index in [0.717, 1.165) is 12.0 Å². The summed E-state index contributed by atoms with van der Waals surface area (Å²) in [4.78, 5) is 19.6. The van der Waals surface area contributed by atoms with Gasteiger partial charge in [0.25, 0.3) is 0 Å². The van der Waals surface area contributed by atoms with Crippen LogP contribution >= 0.6 is 0 Å². The van der Waals surface area contributed by atoms with Crippen molar-refractivity contribution in [3.05, 3.63) is 48.2 Å². The Kier molecular flexibility index (Phi) is 5.22. The van der Waals surface area contributed by atoms with E-state index in [1.165, 1.54) is 0 Å². The number of ether oxygens (including phenoxy) is 2. The predicted molar refractivity (Wildman–Crippen MR) is 88.4 cm³/mol. The van der Waals surface area contributed by atoms with E-state index in [0.29, 0.717) is 31.4 Å². The first kappa shape index (κ1) is 16.2. The Morgan fingerprint density at radius 1 is 1.29 bits per heavy atom. The minimum absolute atomic E-state index is 0.0695. The Labute approximate surface area is 140 Å². The van der Waals surface area contributed by atoms with Crippen LogP contribution in [0.2, 0.25) is 0 Å². The Balaban J connectivity index is 1.49. The highest BCUT2D eigenvalue weighted by atomic mass is 16.5. The van der Waals surface area contributed by atoms with E-state index in [1.807, 2.05) is 30.3 Å². The lowest BCUT2D eigenvalue weighted by molar-refractivity contribution is -0.128. The first-order valence-electron chi connectivity index (χ1n) is 7.89. The number of nitrogens with one attached hydrogen (secondary N) is 1. The zero-order valence-electron chi connectivity index (χ0n) is 13.2. The van der Waals surface area contributed by atoms with Crippen LogP contribution in [0.15, 0.2) is 42.6 Å². The molecule has 1 saturated heterocycles. The van der Waals surface area contributed by atoms with Crippen LogP contribution in [0.1, 0.15) is 18.4 Å². The molecule has 126 valence electrons. The van der Waals surface area contributed by atoms with Crippen LogP contribution < -0.4 is 15.8 Å². The molecule has 7 heteroatoms. The van der Waals surface area contributed by atoms with Gasteiger partial charge in [-0.2, -0.15) is 4.98 Å². The number of hydrogen-bond donors (Lipinski definition) is 2. The Morgan fingerprint density at radius 2 is 2.12 bits per heavy atom. The molecule has 1 aliphatic heterocycles. The van der Waals surface area contributed by atoms with Crippen molar-refractivity contribution in [2.45, 2.75) is 31.7 Å². The molecular formula is C17H20N4O3. The summed E-state index contributed by atoms with van der Waals surface area (Å²) in [6.45, 7) is 0.967. The summed E-state index contributed by atoms with van der Waals surface area (Å²) in [6, 6.07) is 11.6. The molecule has 0 aliphatic carbocycles. The van der Waals surface area contributed by atoms with E-state index < -0.39 is 12.0 Å². The molecule has 1 aliphatic rings. The lowest BCUT2D eigenvalue weighted by Crippen LogP contribution is -2.30. The SMILES string of the molecule is NC(=O)[C@H]1CC[C@H](CNc2nccc(OCc3ccccc3)n2)O1. The number of carbonyl (C=O) groups excluding carboxylic acids is 1. The Hall–Kier alpha value is -2.67. The van der Waals surface area contributed by atoms with E-state index in [2.05, 4.69) is 15.3 Å². The summed E-state index contributed by atoms with van der Waals surface area (Å²) in [7, 11) is 0. The zero-order valence-corrected chi connectivity index (χ0v) is 13.2. The summed E-state index contributed by atoms with van der Waals surface area (Å²) in [5.74, 6) is 0.551.